The summed E-state index contributed by atoms with van der Waals surface area (Å²) >= 11 is 5.48. The molecule has 1 aliphatic carbocycles. The van der Waals surface area contributed by atoms with E-state index in [0.717, 1.165) is 30.0 Å². The summed E-state index contributed by atoms with van der Waals surface area (Å²) in [5, 5.41) is 17.5. The highest BCUT2D eigenvalue weighted by Gasteiger charge is 2.38. The van der Waals surface area contributed by atoms with Crippen LogP contribution in [0.2, 0.25) is 0 Å². The largest absolute Gasteiger partial charge is 0.474 e. The van der Waals surface area contributed by atoms with E-state index in [4.69, 9.17) is 17.0 Å². The molecule has 2 heterocycles. The number of ether oxygens (including phenoxy) is 1. The van der Waals surface area contributed by atoms with Crippen molar-refractivity contribution in [1.29, 1.82) is 0 Å². The van der Waals surface area contributed by atoms with Gasteiger partial charge in [-0.15, -0.1) is 0 Å². The molecule has 0 bridgehead atoms. The third-order valence-corrected chi connectivity index (χ3v) is 8.31. The monoisotopic (exact) mass is 668 g/mol. The smallest absolute Gasteiger partial charge is 0.423 e. The number of aromatic nitrogens is 1. The van der Waals surface area contributed by atoms with Crippen molar-refractivity contribution in [1.82, 2.24) is 9.88 Å². The molecule has 246 valence electrons. The van der Waals surface area contributed by atoms with Crippen LogP contribution in [0.1, 0.15) is 36.8 Å². The number of hydrogen-bond donors (Lipinski definition) is 2. The fourth-order valence-electron chi connectivity index (χ4n) is 5.52. The lowest BCUT2D eigenvalue weighted by Crippen LogP contribution is -2.50. The van der Waals surface area contributed by atoms with Gasteiger partial charge in [0.15, 0.2) is 5.11 Å². The second-order valence-electron chi connectivity index (χ2n) is 11.1. The van der Waals surface area contributed by atoms with Gasteiger partial charge in [0, 0.05) is 67.6 Å². The van der Waals surface area contributed by atoms with Crippen molar-refractivity contribution in [3.8, 4) is 5.88 Å². The van der Waals surface area contributed by atoms with Crippen LogP contribution in [0.25, 0.3) is 0 Å². The lowest BCUT2D eigenvalue weighted by atomic mass is 9.92. The summed E-state index contributed by atoms with van der Waals surface area (Å²) in [6.45, 7) is 2.49. The summed E-state index contributed by atoms with van der Waals surface area (Å²) in [4.78, 5) is 18.4. The predicted octanol–water partition coefficient (Wildman–Crippen LogP) is 7.35. The number of alkyl halides is 6. The van der Waals surface area contributed by atoms with Crippen LogP contribution in [0.5, 0.6) is 5.88 Å². The average molecular weight is 669 g/mol. The van der Waals surface area contributed by atoms with Gasteiger partial charge in [-0.05, 0) is 80.4 Å². The van der Waals surface area contributed by atoms with Gasteiger partial charge in [0.05, 0.1) is 10.5 Å². The van der Waals surface area contributed by atoms with E-state index < -0.39 is 34.1 Å². The molecule has 2 aromatic carbocycles. The molecule has 0 unspecified atom stereocenters. The fourth-order valence-corrected chi connectivity index (χ4v) is 5.82. The van der Waals surface area contributed by atoms with Crippen molar-refractivity contribution in [2.45, 2.75) is 50.2 Å². The Morgan fingerprint density at radius 3 is 2.15 bits per heavy atom. The Labute approximate surface area is 265 Å². The number of thiocarbonyl (C=S) groups is 1. The summed E-state index contributed by atoms with van der Waals surface area (Å²) in [7, 11) is 0. The number of hydrogen-bond acceptors (Lipinski definition) is 7. The maximum Gasteiger partial charge on any atom is 0.423 e. The molecule has 5 rings (SSSR count). The van der Waals surface area contributed by atoms with Gasteiger partial charge in [-0.2, -0.15) is 26.3 Å². The standard InChI is InChI=1S/C30H30F6N6O3S/c31-29(32,33)19-1-3-21(4-2-19)39-28(46)41-15-13-40(14-16-41)23-11-12-37-27(18-23)45-24-8-5-20(6-9-24)38-22-7-10-26(42(43)44)25(17-22)30(34,35)36/h1-4,7,10-12,17-18,20,24,38H,5-6,8-9,13-16H2,(H,39,46)/t20-,24-. The third-order valence-electron chi connectivity index (χ3n) is 7.95. The van der Waals surface area contributed by atoms with E-state index in [1.54, 1.807) is 6.20 Å². The number of nitrogens with one attached hydrogen (secondary N) is 2. The Kier molecular flexibility index (Phi) is 9.74. The van der Waals surface area contributed by atoms with Crippen molar-refractivity contribution >= 4 is 40.1 Å². The van der Waals surface area contributed by atoms with Crippen molar-refractivity contribution in [3.63, 3.8) is 0 Å². The minimum atomic E-state index is -4.84. The van der Waals surface area contributed by atoms with Gasteiger partial charge < -0.3 is 25.2 Å². The summed E-state index contributed by atoms with van der Waals surface area (Å²) in [5.41, 5.74) is -1.43. The van der Waals surface area contributed by atoms with Crippen LogP contribution in [0.3, 0.4) is 0 Å². The van der Waals surface area contributed by atoms with Gasteiger partial charge in [0.2, 0.25) is 5.88 Å². The number of benzene rings is 2. The molecule has 2 aliphatic rings. The molecule has 1 saturated carbocycles. The van der Waals surface area contributed by atoms with Gasteiger partial charge in [0.1, 0.15) is 11.7 Å². The molecule has 2 N–H and O–H groups in total. The normalized spacial score (nSPS) is 19.0. The van der Waals surface area contributed by atoms with Crippen LogP contribution >= 0.6 is 12.2 Å². The SMILES string of the molecule is O=[N+]([O-])c1ccc(N[C@H]2CC[C@H](Oc3cc(N4CCN(C(=S)Nc5ccc(C(F)(F)F)cc5)CC4)ccn3)CC2)cc1C(F)(F)F. The van der Waals surface area contributed by atoms with Gasteiger partial charge in [-0.25, -0.2) is 4.98 Å². The quantitative estimate of drug-likeness (QED) is 0.116. The summed E-state index contributed by atoms with van der Waals surface area (Å²) in [5.74, 6) is 0.459. The van der Waals surface area contributed by atoms with Crippen LogP contribution in [0.4, 0.5) is 49.1 Å². The highest BCUT2D eigenvalue weighted by molar-refractivity contribution is 7.80. The molecule has 0 atom stereocenters. The Bertz CT molecular complexity index is 1540. The first-order chi connectivity index (χ1) is 21.8. The van der Waals surface area contributed by atoms with Crippen LogP contribution < -0.4 is 20.3 Å². The number of nitro benzene ring substituents is 1. The Morgan fingerprint density at radius 2 is 1.54 bits per heavy atom. The van der Waals surface area contributed by atoms with Crippen LogP contribution in [0.15, 0.2) is 60.8 Å². The first-order valence-corrected chi connectivity index (χ1v) is 14.9. The van der Waals surface area contributed by atoms with E-state index in [-0.39, 0.29) is 17.8 Å². The molecule has 0 spiro atoms. The Hall–Kier alpha value is -4.34. The van der Waals surface area contributed by atoms with E-state index in [2.05, 4.69) is 20.5 Å². The first-order valence-electron chi connectivity index (χ1n) is 14.5. The average Bonchev–Trinajstić information content (AvgIpc) is 3.01. The maximum atomic E-state index is 13.3. The van der Waals surface area contributed by atoms with E-state index in [1.165, 1.54) is 18.2 Å². The molecule has 0 amide bonds. The van der Waals surface area contributed by atoms with Gasteiger partial charge in [0.25, 0.3) is 5.69 Å². The molecule has 3 aromatic rings. The van der Waals surface area contributed by atoms with E-state index >= 15 is 0 Å². The second kappa shape index (κ2) is 13.6. The molecule has 1 aromatic heterocycles. The number of rotatable bonds is 7. The number of nitro groups is 1. The van der Waals surface area contributed by atoms with E-state index in [9.17, 15) is 36.5 Å². The molecular formula is C30H30F6N6O3S. The fraction of sp³-hybridized carbons (Fsp3) is 0.400. The van der Waals surface area contributed by atoms with Crippen molar-refractivity contribution in [2.24, 2.45) is 0 Å². The zero-order valence-corrected chi connectivity index (χ0v) is 25.1. The van der Waals surface area contributed by atoms with E-state index in [1.807, 2.05) is 17.0 Å². The molecule has 16 heteroatoms. The highest BCUT2D eigenvalue weighted by Crippen LogP contribution is 2.38. The summed E-state index contributed by atoms with van der Waals surface area (Å²) < 4.78 is 84.6. The zero-order chi connectivity index (χ0) is 33.1. The molecule has 9 nitrogen and oxygen atoms in total. The predicted molar refractivity (Wildman–Crippen MR) is 164 cm³/mol. The van der Waals surface area contributed by atoms with Crippen LogP contribution in [-0.2, 0) is 12.4 Å². The third kappa shape index (κ3) is 8.27. The minimum absolute atomic E-state index is 0.113. The second-order valence-corrected chi connectivity index (χ2v) is 11.4. The topological polar surface area (TPSA) is 95.8 Å². The number of piperazine rings is 1. The Morgan fingerprint density at radius 1 is 0.891 bits per heavy atom. The van der Waals surface area contributed by atoms with E-state index in [0.29, 0.717) is 68.5 Å². The van der Waals surface area contributed by atoms with Gasteiger partial charge in [-0.3, -0.25) is 10.1 Å². The van der Waals surface area contributed by atoms with Crippen molar-refractivity contribution in [2.75, 3.05) is 41.7 Å². The molecular weight excluding hydrogens is 638 g/mol. The van der Waals surface area contributed by atoms with Gasteiger partial charge in [-0.1, -0.05) is 0 Å². The maximum absolute atomic E-state index is 13.3. The number of pyridine rings is 1. The lowest BCUT2D eigenvalue weighted by molar-refractivity contribution is -0.388. The van der Waals surface area contributed by atoms with Gasteiger partial charge >= 0.3 is 12.4 Å². The number of anilines is 3. The van der Waals surface area contributed by atoms with Crippen LogP contribution in [0, 0.1) is 10.1 Å². The summed E-state index contributed by atoms with van der Waals surface area (Å²) in [6.07, 6.45) is -5.17. The zero-order valence-electron chi connectivity index (χ0n) is 24.3. The van der Waals surface area contributed by atoms with Crippen molar-refractivity contribution in [3.05, 3.63) is 82.0 Å². The first kappa shape index (κ1) is 33.0. The minimum Gasteiger partial charge on any atom is -0.474 e. The molecule has 1 saturated heterocycles. The molecule has 2 fully saturated rings. The number of halogens is 6. The Balaban J connectivity index is 1.09. The molecule has 1 aliphatic heterocycles. The lowest BCUT2D eigenvalue weighted by Gasteiger charge is -2.37. The van der Waals surface area contributed by atoms with Crippen molar-refractivity contribution < 1.29 is 36.0 Å². The molecule has 0 radical (unpaired) electrons. The number of nitrogens with zero attached hydrogens (tertiary/aromatic N) is 4. The molecule has 46 heavy (non-hydrogen) atoms. The highest BCUT2D eigenvalue weighted by atomic mass is 32.1. The summed E-state index contributed by atoms with van der Waals surface area (Å²) in [6, 6.07) is 11.3. The van der Waals surface area contributed by atoms with Crippen LogP contribution in [-0.4, -0.2) is 58.2 Å².